The lowest BCUT2D eigenvalue weighted by Crippen LogP contribution is -2.13. The SMILES string of the molecule is COc1ccc(CNCc2ncon2)cc1OC. The van der Waals surface area contributed by atoms with Gasteiger partial charge in [-0.3, -0.25) is 0 Å². The van der Waals surface area contributed by atoms with Gasteiger partial charge >= 0.3 is 0 Å². The molecule has 1 aromatic carbocycles. The molecule has 0 saturated carbocycles. The molecule has 6 heteroatoms. The molecule has 0 unspecified atom stereocenters. The summed E-state index contributed by atoms with van der Waals surface area (Å²) in [7, 11) is 3.24. The van der Waals surface area contributed by atoms with E-state index in [0.717, 1.165) is 17.1 Å². The molecule has 2 rings (SSSR count). The largest absolute Gasteiger partial charge is 0.493 e. The van der Waals surface area contributed by atoms with Gasteiger partial charge in [0.25, 0.3) is 0 Å². The second-order valence-corrected chi connectivity index (χ2v) is 3.64. The van der Waals surface area contributed by atoms with Crippen molar-refractivity contribution in [2.45, 2.75) is 13.1 Å². The second-order valence-electron chi connectivity index (χ2n) is 3.64. The van der Waals surface area contributed by atoms with E-state index in [2.05, 4.69) is 20.0 Å². The van der Waals surface area contributed by atoms with Gasteiger partial charge in [-0.1, -0.05) is 11.2 Å². The number of nitrogens with zero attached hydrogens (tertiary/aromatic N) is 2. The van der Waals surface area contributed by atoms with E-state index in [1.807, 2.05) is 18.2 Å². The van der Waals surface area contributed by atoms with Crippen LogP contribution in [0.5, 0.6) is 11.5 Å². The zero-order valence-corrected chi connectivity index (χ0v) is 10.3. The van der Waals surface area contributed by atoms with E-state index in [4.69, 9.17) is 9.47 Å². The van der Waals surface area contributed by atoms with Crippen LogP contribution in [0.4, 0.5) is 0 Å². The molecule has 0 amide bonds. The summed E-state index contributed by atoms with van der Waals surface area (Å²) in [6.45, 7) is 1.25. The van der Waals surface area contributed by atoms with E-state index in [1.165, 1.54) is 6.39 Å². The Balaban J connectivity index is 1.93. The lowest BCUT2D eigenvalue weighted by molar-refractivity contribution is 0.354. The van der Waals surface area contributed by atoms with Crippen LogP contribution >= 0.6 is 0 Å². The van der Waals surface area contributed by atoms with Crippen LogP contribution < -0.4 is 14.8 Å². The first-order valence-corrected chi connectivity index (χ1v) is 5.50. The Morgan fingerprint density at radius 2 is 2.00 bits per heavy atom. The number of aromatic nitrogens is 2. The highest BCUT2D eigenvalue weighted by molar-refractivity contribution is 5.42. The molecule has 96 valence electrons. The summed E-state index contributed by atoms with van der Waals surface area (Å²) in [5, 5.41) is 6.93. The molecular weight excluding hydrogens is 234 g/mol. The van der Waals surface area contributed by atoms with Gasteiger partial charge in [0.15, 0.2) is 17.3 Å². The number of nitrogens with one attached hydrogen (secondary N) is 1. The van der Waals surface area contributed by atoms with Gasteiger partial charge in [-0.25, -0.2) is 0 Å². The van der Waals surface area contributed by atoms with E-state index in [9.17, 15) is 0 Å². The van der Waals surface area contributed by atoms with Crippen LogP contribution in [0.25, 0.3) is 0 Å². The standard InChI is InChI=1S/C12H15N3O3/c1-16-10-4-3-9(5-11(10)17-2)6-13-7-12-14-8-18-15-12/h3-5,8,13H,6-7H2,1-2H3. The third-order valence-electron chi connectivity index (χ3n) is 2.47. The highest BCUT2D eigenvalue weighted by atomic mass is 16.5. The number of hydrogen-bond donors (Lipinski definition) is 1. The fourth-order valence-electron chi connectivity index (χ4n) is 1.58. The van der Waals surface area contributed by atoms with Crippen LogP contribution in [0, 0.1) is 0 Å². The highest BCUT2D eigenvalue weighted by Gasteiger charge is 2.04. The summed E-state index contributed by atoms with van der Waals surface area (Å²) in [6, 6.07) is 5.79. The van der Waals surface area contributed by atoms with E-state index >= 15 is 0 Å². The van der Waals surface area contributed by atoms with Gasteiger partial charge in [0.2, 0.25) is 6.39 Å². The fraction of sp³-hybridized carbons (Fsp3) is 0.333. The normalized spacial score (nSPS) is 10.3. The van der Waals surface area contributed by atoms with Crippen LogP contribution in [0.3, 0.4) is 0 Å². The first-order chi connectivity index (χ1) is 8.83. The minimum absolute atomic E-state index is 0.560. The Morgan fingerprint density at radius 3 is 2.67 bits per heavy atom. The van der Waals surface area contributed by atoms with Crippen molar-refractivity contribution in [3.8, 4) is 11.5 Å². The summed E-state index contributed by atoms with van der Waals surface area (Å²) in [5.74, 6) is 2.08. The molecule has 18 heavy (non-hydrogen) atoms. The fourth-order valence-corrected chi connectivity index (χ4v) is 1.58. The minimum Gasteiger partial charge on any atom is -0.493 e. The number of ether oxygens (including phenoxy) is 2. The van der Waals surface area contributed by atoms with Crippen LogP contribution in [0.1, 0.15) is 11.4 Å². The Hall–Kier alpha value is -2.08. The van der Waals surface area contributed by atoms with Gasteiger partial charge in [-0.15, -0.1) is 0 Å². The predicted molar refractivity (Wildman–Crippen MR) is 64.4 cm³/mol. The summed E-state index contributed by atoms with van der Waals surface area (Å²) in [5.41, 5.74) is 1.09. The molecule has 0 aliphatic rings. The van der Waals surface area contributed by atoms with Gasteiger partial charge < -0.3 is 19.3 Å². The topological polar surface area (TPSA) is 69.4 Å². The first-order valence-electron chi connectivity index (χ1n) is 5.50. The Labute approximate surface area is 105 Å². The van der Waals surface area contributed by atoms with Gasteiger partial charge in [0, 0.05) is 6.54 Å². The zero-order valence-electron chi connectivity index (χ0n) is 10.3. The Morgan fingerprint density at radius 1 is 1.17 bits per heavy atom. The third-order valence-corrected chi connectivity index (χ3v) is 2.47. The average Bonchev–Trinajstić information content (AvgIpc) is 2.91. The molecule has 0 aliphatic carbocycles. The van der Waals surface area contributed by atoms with E-state index in [-0.39, 0.29) is 0 Å². The second kappa shape index (κ2) is 6.02. The molecule has 0 radical (unpaired) electrons. The number of rotatable bonds is 6. The number of methoxy groups -OCH3 is 2. The lowest BCUT2D eigenvalue weighted by Gasteiger charge is -2.09. The van der Waals surface area contributed by atoms with Crippen molar-refractivity contribution in [1.29, 1.82) is 0 Å². The molecule has 0 saturated heterocycles. The van der Waals surface area contributed by atoms with E-state index < -0.39 is 0 Å². The van der Waals surface area contributed by atoms with Crippen molar-refractivity contribution in [2.24, 2.45) is 0 Å². The van der Waals surface area contributed by atoms with Crippen LogP contribution in [0.15, 0.2) is 29.1 Å². The van der Waals surface area contributed by atoms with Crippen LogP contribution in [-0.2, 0) is 13.1 Å². The van der Waals surface area contributed by atoms with Gasteiger partial charge in [-0.2, -0.15) is 4.98 Å². The van der Waals surface area contributed by atoms with E-state index in [1.54, 1.807) is 14.2 Å². The monoisotopic (exact) mass is 249 g/mol. The minimum atomic E-state index is 0.560. The number of hydrogen-bond acceptors (Lipinski definition) is 6. The average molecular weight is 249 g/mol. The maximum Gasteiger partial charge on any atom is 0.213 e. The molecular formula is C12H15N3O3. The smallest absolute Gasteiger partial charge is 0.213 e. The third kappa shape index (κ3) is 2.98. The molecule has 1 aromatic heterocycles. The molecule has 0 aliphatic heterocycles. The summed E-state index contributed by atoms with van der Waals surface area (Å²) in [4.78, 5) is 3.92. The zero-order chi connectivity index (χ0) is 12.8. The van der Waals surface area contributed by atoms with Crippen molar-refractivity contribution in [3.63, 3.8) is 0 Å². The van der Waals surface area contributed by atoms with Crippen molar-refractivity contribution < 1.29 is 14.0 Å². The molecule has 1 heterocycles. The van der Waals surface area contributed by atoms with Crippen molar-refractivity contribution >= 4 is 0 Å². The van der Waals surface area contributed by atoms with Crippen LogP contribution in [-0.4, -0.2) is 24.4 Å². The predicted octanol–water partition coefficient (Wildman–Crippen LogP) is 1.38. The first kappa shape index (κ1) is 12.4. The van der Waals surface area contributed by atoms with Crippen molar-refractivity contribution in [1.82, 2.24) is 15.5 Å². The highest BCUT2D eigenvalue weighted by Crippen LogP contribution is 2.27. The molecule has 6 nitrogen and oxygen atoms in total. The van der Waals surface area contributed by atoms with Gasteiger partial charge in [0.05, 0.1) is 20.8 Å². The molecule has 0 bridgehead atoms. The molecule has 0 fully saturated rings. The summed E-state index contributed by atoms with van der Waals surface area (Å²) < 4.78 is 15.1. The summed E-state index contributed by atoms with van der Waals surface area (Å²) in [6.07, 6.45) is 1.31. The summed E-state index contributed by atoms with van der Waals surface area (Å²) >= 11 is 0. The molecule has 0 spiro atoms. The van der Waals surface area contributed by atoms with Crippen molar-refractivity contribution in [3.05, 3.63) is 36.0 Å². The Bertz CT molecular complexity index is 485. The van der Waals surface area contributed by atoms with Gasteiger partial charge in [-0.05, 0) is 17.7 Å². The Kier molecular flexibility index (Phi) is 4.14. The lowest BCUT2D eigenvalue weighted by atomic mass is 10.2. The van der Waals surface area contributed by atoms with Gasteiger partial charge in [0.1, 0.15) is 0 Å². The molecule has 0 atom stereocenters. The maximum absolute atomic E-state index is 5.24. The molecule has 2 aromatic rings. The van der Waals surface area contributed by atoms with Crippen LogP contribution in [0.2, 0.25) is 0 Å². The molecule has 1 N–H and O–H groups in total. The quantitative estimate of drug-likeness (QED) is 0.834. The maximum atomic E-state index is 5.24. The van der Waals surface area contributed by atoms with E-state index in [0.29, 0.717) is 18.9 Å². The van der Waals surface area contributed by atoms with Crippen molar-refractivity contribution in [2.75, 3.05) is 14.2 Å². The number of benzene rings is 1.